The number of aromatic nitrogens is 2. The summed E-state index contributed by atoms with van der Waals surface area (Å²) in [7, 11) is 1.69. The van der Waals surface area contributed by atoms with Crippen LogP contribution in [-0.4, -0.2) is 26.4 Å². The summed E-state index contributed by atoms with van der Waals surface area (Å²) >= 11 is 5.80. The molecule has 2 unspecified atom stereocenters. The largest absolute Gasteiger partial charge is 0.383 e. The number of terminal acetylenes is 1. The van der Waals surface area contributed by atoms with Gasteiger partial charge in [0.1, 0.15) is 22.8 Å². The summed E-state index contributed by atoms with van der Waals surface area (Å²) in [5, 5.41) is 17.5. The highest BCUT2D eigenvalue weighted by Crippen LogP contribution is 2.54. The second kappa shape index (κ2) is 7.05. The second-order valence-electron chi connectivity index (χ2n) is 8.12. The molecule has 2 aromatic rings. The summed E-state index contributed by atoms with van der Waals surface area (Å²) in [4.78, 5) is 13.0. The maximum Gasteiger partial charge on any atom is 0.261 e. The number of aryl methyl sites for hydroxylation is 1. The summed E-state index contributed by atoms with van der Waals surface area (Å²) in [6, 6.07) is 3.98. The molecule has 0 bridgehead atoms. The van der Waals surface area contributed by atoms with Gasteiger partial charge in [0.25, 0.3) is 5.91 Å². The van der Waals surface area contributed by atoms with Crippen LogP contribution in [0.5, 0.6) is 0 Å². The van der Waals surface area contributed by atoms with Crippen molar-refractivity contribution in [1.29, 1.82) is 0 Å². The first-order chi connectivity index (χ1) is 13.7. The molecule has 2 aliphatic rings. The highest BCUT2D eigenvalue weighted by molar-refractivity contribution is 6.31. The van der Waals surface area contributed by atoms with Gasteiger partial charge in [-0.3, -0.25) is 9.48 Å². The minimum atomic E-state index is -1.02. The standard InChI is InChI=1S/C21H22ClFN4O2/c1-3-21(29)9-12-6-11(7-13(12)10-21)18-17(19(24)27(2)26-18)20(28)25-14-4-5-16(23)15(22)8-14/h1,4-5,8,11-13,29H,6-7,9-10,24H2,2H3,(H,25,28). The van der Waals surface area contributed by atoms with Crippen molar-refractivity contribution in [3.8, 4) is 12.3 Å². The zero-order valence-corrected chi connectivity index (χ0v) is 16.7. The summed E-state index contributed by atoms with van der Waals surface area (Å²) in [5.41, 5.74) is 6.47. The first-order valence-electron chi connectivity index (χ1n) is 9.49. The number of hydrogen-bond acceptors (Lipinski definition) is 4. The molecule has 1 aromatic heterocycles. The molecular formula is C21H22ClFN4O2. The van der Waals surface area contributed by atoms with Crippen LogP contribution >= 0.6 is 11.6 Å². The highest BCUT2D eigenvalue weighted by atomic mass is 35.5. The van der Waals surface area contributed by atoms with E-state index < -0.39 is 17.3 Å². The molecule has 0 aliphatic heterocycles. The SMILES string of the molecule is C#CC1(O)CC2CC(c3nn(C)c(N)c3C(=O)Nc3ccc(F)c(Cl)c3)CC2C1. The van der Waals surface area contributed by atoms with Crippen LogP contribution in [0.15, 0.2) is 18.2 Å². The van der Waals surface area contributed by atoms with Crippen LogP contribution in [0.3, 0.4) is 0 Å². The second-order valence-corrected chi connectivity index (χ2v) is 8.53. The fraction of sp³-hybridized carbons (Fsp3) is 0.429. The summed E-state index contributed by atoms with van der Waals surface area (Å²) < 4.78 is 14.9. The van der Waals surface area contributed by atoms with Crippen molar-refractivity contribution in [2.24, 2.45) is 18.9 Å². The number of nitrogens with zero attached hydrogens (tertiary/aromatic N) is 2. The molecule has 2 fully saturated rings. The van der Waals surface area contributed by atoms with Crippen molar-refractivity contribution in [2.45, 2.75) is 37.2 Å². The van der Waals surface area contributed by atoms with Crippen molar-refractivity contribution >= 4 is 29.0 Å². The maximum absolute atomic E-state index is 13.4. The van der Waals surface area contributed by atoms with Gasteiger partial charge in [0.2, 0.25) is 0 Å². The zero-order valence-electron chi connectivity index (χ0n) is 16.0. The maximum atomic E-state index is 13.4. The predicted octanol–water partition coefficient (Wildman–Crippen LogP) is 3.32. The van der Waals surface area contributed by atoms with E-state index in [0.717, 1.165) is 12.8 Å². The predicted molar refractivity (Wildman–Crippen MR) is 109 cm³/mol. The number of amides is 1. The molecule has 0 spiro atoms. The lowest BCUT2D eigenvalue weighted by Gasteiger charge is -2.18. The van der Waals surface area contributed by atoms with Crippen LogP contribution in [0.1, 0.15) is 47.7 Å². The highest BCUT2D eigenvalue weighted by Gasteiger charge is 2.49. The molecule has 2 aliphatic carbocycles. The lowest BCUT2D eigenvalue weighted by Crippen LogP contribution is -2.23. The van der Waals surface area contributed by atoms with Gasteiger partial charge in [0, 0.05) is 18.7 Å². The van der Waals surface area contributed by atoms with Crippen LogP contribution in [-0.2, 0) is 7.05 Å². The van der Waals surface area contributed by atoms with Crippen molar-refractivity contribution < 1.29 is 14.3 Å². The van der Waals surface area contributed by atoms with Crippen LogP contribution in [0.25, 0.3) is 0 Å². The third-order valence-electron chi connectivity index (χ3n) is 6.22. The Morgan fingerprint density at radius 3 is 2.69 bits per heavy atom. The third-order valence-corrected chi connectivity index (χ3v) is 6.51. The topological polar surface area (TPSA) is 93.2 Å². The number of fused-ring (bicyclic) bond motifs is 1. The van der Waals surface area contributed by atoms with Gasteiger partial charge in [-0.05, 0) is 55.7 Å². The Bertz CT molecular complexity index is 1010. The van der Waals surface area contributed by atoms with Gasteiger partial charge in [-0.25, -0.2) is 4.39 Å². The fourth-order valence-electron chi connectivity index (χ4n) is 4.85. The number of hydrogen-bond donors (Lipinski definition) is 3. The van der Waals surface area contributed by atoms with Crippen LogP contribution < -0.4 is 11.1 Å². The smallest absolute Gasteiger partial charge is 0.261 e. The number of halogens is 2. The molecule has 1 aromatic carbocycles. The Hall–Kier alpha value is -2.56. The quantitative estimate of drug-likeness (QED) is 0.669. The average molecular weight is 417 g/mol. The van der Waals surface area contributed by atoms with E-state index in [-0.39, 0.29) is 16.8 Å². The van der Waals surface area contributed by atoms with Crippen molar-refractivity contribution in [2.75, 3.05) is 11.1 Å². The molecule has 1 amide bonds. The van der Waals surface area contributed by atoms with E-state index in [4.69, 9.17) is 23.8 Å². The Kier molecular flexibility index (Phi) is 4.80. The molecule has 152 valence electrons. The summed E-state index contributed by atoms with van der Waals surface area (Å²) in [6.07, 6.45) is 8.22. The number of nitrogens with two attached hydrogens (primary N) is 1. The Morgan fingerprint density at radius 2 is 2.10 bits per heavy atom. The van der Waals surface area contributed by atoms with E-state index in [1.807, 2.05) is 0 Å². The Morgan fingerprint density at radius 1 is 1.45 bits per heavy atom. The third kappa shape index (κ3) is 3.47. The molecule has 4 rings (SSSR count). The van der Waals surface area contributed by atoms with Crippen molar-refractivity contribution in [1.82, 2.24) is 9.78 Å². The summed E-state index contributed by atoms with van der Waals surface area (Å²) in [5.74, 6) is 2.48. The number of benzene rings is 1. The molecule has 0 radical (unpaired) electrons. The zero-order chi connectivity index (χ0) is 20.9. The molecule has 6 nitrogen and oxygen atoms in total. The van der Waals surface area contributed by atoms with Crippen LogP contribution in [0.4, 0.5) is 15.9 Å². The van der Waals surface area contributed by atoms with Gasteiger partial charge in [0.15, 0.2) is 0 Å². The van der Waals surface area contributed by atoms with Gasteiger partial charge >= 0.3 is 0 Å². The Labute approximate surface area is 173 Å². The number of nitrogens with one attached hydrogen (secondary N) is 1. The van der Waals surface area contributed by atoms with E-state index in [0.29, 0.717) is 41.6 Å². The molecule has 29 heavy (non-hydrogen) atoms. The average Bonchev–Trinajstić information content (AvgIpc) is 3.28. The molecule has 0 saturated heterocycles. The van der Waals surface area contributed by atoms with Gasteiger partial charge in [0.05, 0.1) is 10.7 Å². The Balaban J connectivity index is 1.58. The normalized spacial score (nSPS) is 28.2. The van der Waals surface area contributed by atoms with E-state index in [2.05, 4.69) is 16.3 Å². The lowest BCUT2D eigenvalue weighted by molar-refractivity contribution is 0.0982. The number of anilines is 2. The van der Waals surface area contributed by atoms with Gasteiger partial charge in [-0.15, -0.1) is 6.42 Å². The number of carbonyl (C=O) groups excluding carboxylic acids is 1. The van der Waals surface area contributed by atoms with Crippen LogP contribution in [0, 0.1) is 30.0 Å². The molecule has 4 N–H and O–H groups in total. The van der Waals surface area contributed by atoms with E-state index in [9.17, 15) is 14.3 Å². The van der Waals surface area contributed by atoms with Crippen LogP contribution in [0.2, 0.25) is 5.02 Å². The molecule has 2 atom stereocenters. The minimum Gasteiger partial charge on any atom is -0.383 e. The number of rotatable bonds is 3. The minimum absolute atomic E-state index is 0.0633. The van der Waals surface area contributed by atoms with E-state index >= 15 is 0 Å². The van der Waals surface area contributed by atoms with E-state index in [1.165, 1.54) is 22.9 Å². The van der Waals surface area contributed by atoms with Gasteiger partial charge < -0.3 is 16.2 Å². The number of aliphatic hydroxyl groups is 1. The number of nitrogen functional groups attached to an aromatic ring is 1. The monoisotopic (exact) mass is 416 g/mol. The molecule has 8 heteroatoms. The lowest BCUT2D eigenvalue weighted by atomic mass is 9.92. The first kappa shape index (κ1) is 19.7. The van der Waals surface area contributed by atoms with E-state index in [1.54, 1.807) is 7.05 Å². The van der Waals surface area contributed by atoms with Crippen molar-refractivity contribution in [3.05, 3.63) is 40.3 Å². The molecular weight excluding hydrogens is 395 g/mol. The van der Waals surface area contributed by atoms with Gasteiger partial charge in [-0.2, -0.15) is 5.10 Å². The summed E-state index contributed by atoms with van der Waals surface area (Å²) in [6.45, 7) is 0. The number of carbonyl (C=O) groups is 1. The van der Waals surface area contributed by atoms with Gasteiger partial charge in [-0.1, -0.05) is 17.5 Å². The first-order valence-corrected chi connectivity index (χ1v) is 9.87. The van der Waals surface area contributed by atoms with Crippen molar-refractivity contribution in [3.63, 3.8) is 0 Å². The molecule has 1 heterocycles. The molecule has 2 saturated carbocycles. The fourth-order valence-corrected chi connectivity index (χ4v) is 5.03.